The standard InChI is InChI=1S/C19H22N5O4P/c20-19-17-8-7-16(24(17)22-13-21-19)18-9-6-15(27-18)12-26-29(23-10-11-25)28-14-4-2-1-3-5-14/h1-5,7-8,11,13,15,18,23H,6,9-10,12H2,(H2,20,21,22). The van der Waals surface area contributed by atoms with Crippen molar-refractivity contribution in [3.8, 4) is 5.75 Å². The van der Waals surface area contributed by atoms with Gasteiger partial charge in [-0.25, -0.2) is 14.6 Å². The van der Waals surface area contributed by atoms with E-state index in [0.717, 1.165) is 30.3 Å². The highest BCUT2D eigenvalue weighted by Crippen LogP contribution is 2.38. The molecule has 1 saturated heterocycles. The van der Waals surface area contributed by atoms with Gasteiger partial charge in [0.1, 0.15) is 30.0 Å². The Morgan fingerprint density at radius 2 is 2.14 bits per heavy atom. The van der Waals surface area contributed by atoms with Crippen molar-refractivity contribution < 1.29 is 18.6 Å². The second-order valence-electron chi connectivity index (χ2n) is 6.51. The number of nitrogens with two attached hydrogens (primary N) is 1. The lowest BCUT2D eigenvalue weighted by Gasteiger charge is -2.20. The van der Waals surface area contributed by atoms with Crippen molar-refractivity contribution in [2.24, 2.45) is 0 Å². The number of aldehydes is 1. The lowest BCUT2D eigenvalue weighted by molar-refractivity contribution is -0.106. The van der Waals surface area contributed by atoms with Crippen molar-refractivity contribution in [2.75, 3.05) is 18.9 Å². The Morgan fingerprint density at radius 1 is 1.28 bits per heavy atom. The van der Waals surface area contributed by atoms with E-state index in [9.17, 15) is 4.79 Å². The molecular weight excluding hydrogens is 393 g/mol. The number of benzene rings is 1. The number of aromatic nitrogens is 3. The molecule has 0 amide bonds. The van der Waals surface area contributed by atoms with Gasteiger partial charge in [0.25, 0.3) is 0 Å². The fourth-order valence-corrected chi connectivity index (χ4v) is 4.25. The molecule has 1 aromatic carbocycles. The Morgan fingerprint density at radius 3 is 2.97 bits per heavy atom. The quantitative estimate of drug-likeness (QED) is 0.405. The molecule has 0 aliphatic carbocycles. The third-order valence-corrected chi connectivity index (χ3v) is 5.76. The zero-order valence-electron chi connectivity index (χ0n) is 15.7. The summed E-state index contributed by atoms with van der Waals surface area (Å²) in [7, 11) is -1.45. The van der Waals surface area contributed by atoms with Gasteiger partial charge in [0.2, 0.25) is 0 Å². The van der Waals surface area contributed by atoms with Crippen LogP contribution in [0.3, 0.4) is 0 Å². The van der Waals surface area contributed by atoms with Crippen molar-refractivity contribution >= 4 is 26.1 Å². The number of rotatable bonds is 9. The van der Waals surface area contributed by atoms with Crippen LogP contribution in [0.4, 0.5) is 5.82 Å². The topological polar surface area (TPSA) is 113 Å². The minimum atomic E-state index is -1.45. The van der Waals surface area contributed by atoms with Crippen molar-refractivity contribution in [1.29, 1.82) is 0 Å². The highest BCUT2D eigenvalue weighted by Gasteiger charge is 2.30. The van der Waals surface area contributed by atoms with Crippen molar-refractivity contribution in [1.82, 2.24) is 19.7 Å². The van der Waals surface area contributed by atoms with Gasteiger partial charge in [0.15, 0.2) is 5.82 Å². The molecule has 9 nitrogen and oxygen atoms in total. The summed E-state index contributed by atoms with van der Waals surface area (Å²) in [6.07, 6.45) is 3.75. The van der Waals surface area contributed by atoms with Crippen LogP contribution in [0.25, 0.3) is 5.52 Å². The van der Waals surface area contributed by atoms with E-state index in [1.165, 1.54) is 6.33 Å². The van der Waals surface area contributed by atoms with Crippen LogP contribution in [-0.4, -0.2) is 40.1 Å². The molecule has 3 unspecified atom stereocenters. The summed E-state index contributed by atoms with van der Waals surface area (Å²) >= 11 is 0. The molecule has 0 saturated carbocycles. The van der Waals surface area contributed by atoms with Gasteiger partial charge in [-0.2, -0.15) is 5.10 Å². The second kappa shape index (κ2) is 9.28. The number of hydrogen-bond donors (Lipinski definition) is 2. The van der Waals surface area contributed by atoms with Crippen LogP contribution in [0.1, 0.15) is 24.6 Å². The number of para-hydroxylation sites is 1. The van der Waals surface area contributed by atoms with Crippen molar-refractivity contribution in [3.63, 3.8) is 0 Å². The number of ether oxygens (including phenoxy) is 1. The Balaban J connectivity index is 1.35. The number of nitrogen functional groups attached to an aromatic ring is 1. The third-order valence-electron chi connectivity index (χ3n) is 4.56. The highest BCUT2D eigenvalue weighted by molar-refractivity contribution is 7.45. The molecule has 0 radical (unpaired) electrons. The Hall–Kier alpha value is -2.58. The minimum absolute atomic E-state index is 0.0767. The van der Waals surface area contributed by atoms with Crippen LogP contribution in [-0.2, 0) is 14.1 Å². The molecule has 3 atom stereocenters. The summed E-state index contributed by atoms with van der Waals surface area (Å²) in [5.74, 6) is 1.12. The first-order valence-corrected chi connectivity index (χ1v) is 10.5. The smallest absolute Gasteiger partial charge is 0.318 e. The van der Waals surface area contributed by atoms with E-state index in [0.29, 0.717) is 18.2 Å². The molecule has 1 fully saturated rings. The van der Waals surface area contributed by atoms with Crippen molar-refractivity contribution in [3.05, 3.63) is 54.5 Å². The molecule has 3 N–H and O–H groups in total. The van der Waals surface area contributed by atoms with E-state index in [1.54, 1.807) is 4.52 Å². The maximum Gasteiger partial charge on any atom is 0.318 e. The molecule has 10 heteroatoms. The summed E-state index contributed by atoms with van der Waals surface area (Å²) in [5.41, 5.74) is 7.61. The molecule has 0 bridgehead atoms. The van der Waals surface area contributed by atoms with Gasteiger partial charge in [-0.3, -0.25) is 0 Å². The Labute approximate surface area is 169 Å². The average molecular weight is 415 g/mol. The first-order valence-electron chi connectivity index (χ1n) is 9.31. The fraction of sp³-hybridized carbons (Fsp3) is 0.316. The number of carbonyl (C=O) groups excluding carboxylic acids is 1. The lowest BCUT2D eigenvalue weighted by Crippen LogP contribution is -2.20. The summed E-state index contributed by atoms with van der Waals surface area (Å²) in [4.78, 5) is 14.7. The minimum Gasteiger partial charge on any atom is -0.436 e. The number of hydrogen-bond acceptors (Lipinski definition) is 8. The van der Waals surface area contributed by atoms with E-state index in [2.05, 4.69) is 15.2 Å². The van der Waals surface area contributed by atoms with Crippen LogP contribution in [0.15, 0.2) is 48.8 Å². The van der Waals surface area contributed by atoms with Gasteiger partial charge < -0.3 is 24.3 Å². The van der Waals surface area contributed by atoms with E-state index >= 15 is 0 Å². The Kier molecular flexibility index (Phi) is 6.31. The average Bonchev–Trinajstić information content (AvgIpc) is 3.38. The molecule has 2 aromatic heterocycles. The Bertz CT molecular complexity index is 954. The van der Waals surface area contributed by atoms with Gasteiger partial charge in [0, 0.05) is 0 Å². The molecule has 1 aliphatic rings. The van der Waals surface area contributed by atoms with E-state index in [4.69, 9.17) is 19.5 Å². The lowest BCUT2D eigenvalue weighted by atomic mass is 10.1. The monoisotopic (exact) mass is 415 g/mol. The first-order chi connectivity index (χ1) is 14.2. The molecule has 4 rings (SSSR count). The first kappa shape index (κ1) is 19.7. The van der Waals surface area contributed by atoms with Gasteiger partial charge in [-0.1, -0.05) is 18.2 Å². The van der Waals surface area contributed by atoms with E-state index in [1.807, 2.05) is 42.5 Å². The van der Waals surface area contributed by atoms with Crippen LogP contribution in [0.5, 0.6) is 5.75 Å². The SMILES string of the molecule is Nc1ncnn2c(C3CCC(COP(NCC=O)Oc4ccccc4)O3)ccc12. The van der Waals surface area contributed by atoms with Crippen LogP contribution >= 0.6 is 8.53 Å². The van der Waals surface area contributed by atoms with Crippen LogP contribution < -0.4 is 15.3 Å². The maximum absolute atomic E-state index is 10.7. The highest BCUT2D eigenvalue weighted by atomic mass is 31.2. The molecule has 3 aromatic rings. The number of anilines is 1. The van der Waals surface area contributed by atoms with Gasteiger partial charge >= 0.3 is 8.53 Å². The van der Waals surface area contributed by atoms with Gasteiger partial charge in [-0.05, 0) is 37.1 Å². The molecule has 29 heavy (non-hydrogen) atoms. The van der Waals surface area contributed by atoms with Crippen LogP contribution in [0.2, 0.25) is 0 Å². The predicted molar refractivity (Wildman–Crippen MR) is 108 cm³/mol. The van der Waals surface area contributed by atoms with E-state index < -0.39 is 8.53 Å². The summed E-state index contributed by atoms with van der Waals surface area (Å²) in [6, 6.07) is 13.2. The number of nitrogens with zero attached hydrogens (tertiary/aromatic N) is 3. The number of fused-ring (bicyclic) bond motifs is 1. The second-order valence-corrected chi connectivity index (χ2v) is 7.78. The summed E-state index contributed by atoms with van der Waals surface area (Å²) in [5, 5.41) is 7.25. The molecular formula is C19H22N5O4P. The molecule has 152 valence electrons. The third kappa shape index (κ3) is 4.71. The van der Waals surface area contributed by atoms with E-state index in [-0.39, 0.29) is 18.8 Å². The van der Waals surface area contributed by atoms with Gasteiger partial charge in [0.05, 0.1) is 24.9 Å². The maximum atomic E-state index is 10.7. The number of carbonyl (C=O) groups is 1. The fourth-order valence-electron chi connectivity index (χ4n) is 3.21. The summed E-state index contributed by atoms with van der Waals surface area (Å²) in [6.45, 7) is 0.519. The zero-order valence-corrected chi connectivity index (χ0v) is 16.6. The zero-order chi connectivity index (χ0) is 20.1. The van der Waals surface area contributed by atoms with Crippen LogP contribution in [0, 0.1) is 0 Å². The molecule has 1 aliphatic heterocycles. The normalized spacial score (nSPS) is 20.0. The predicted octanol–water partition coefficient (Wildman–Crippen LogP) is 2.64. The summed E-state index contributed by atoms with van der Waals surface area (Å²) < 4.78 is 19.7. The molecule has 3 heterocycles. The van der Waals surface area contributed by atoms with Crippen molar-refractivity contribution in [2.45, 2.75) is 25.0 Å². The van der Waals surface area contributed by atoms with Gasteiger partial charge in [-0.15, -0.1) is 0 Å². The largest absolute Gasteiger partial charge is 0.436 e. The molecule has 0 spiro atoms. The number of nitrogens with one attached hydrogen (secondary N) is 1.